The summed E-state index contributed by atoms with van der Waals surface area (Å²) < 4.78 is 6.61. The van der Waals surface area contributed by atoms with E-state index in [0.717, 1.165) is 41.8 Å². The number of nitrogens with zero attached hydrogens (tertiary/aromatic N) is 4. The van der Waals surface area contributed by atoms with Gasteiger partial charge in [-0.05, 0) is 53.7 Å². The second-order valence-electron chi connectivity index (χ2n) is 9.30. The molecule has 2 heterocycles. The van der Waals surface area contributed by atoms with E-state index in [-0.39, 0.29) is 5.56 Å². The van der Waals surface area contributed by atoms with Gasteiger partial charge in [0.15, 0.2) is 5.52 Å². The van der Waals surface area contributed by atoms with Gasteiger partial charge in [0.2, 0.25) is 5.95 Å². The normalized spacial score (nSPS) is 13.0. The van der Waals surface area contributed by atoms with Crippen LogP contribution in [0.5, 0.6) is 5.75 Å². The second-order valence-corrected chi connectivity index (χ2v) is 9.30. The van der Waals surface area contributed by atoms with Crippen molar-refractivity contribution >= 4 is 46.0 Å². The van der Waals surface area contributed by atoms with Crippen molar-refractivity contribution in [3.8, 4) is 5.75 Å². The zero-order valence-electron chi connectivity index (χ0n) is 21.6. The molecule has 0 aliphatic carbocycles. The summed E-state index contributed by atoms with van der Waals surface area (Å²) in [5.41, 5.74) is 10.8. The minimum absolute atomic E-state index is 0.260. The summed E-state index contributed by atoms with van der Waals surface area (Å²) in [6.07, 6.45) is 5.01. The maximum Gasteiger partial charge on any atom is 0.440 e. The zero-order valence-corrected chi connectivity index (χ0v) is 21.6. The van der Waals surface area contributed by atoms with Crippen LogP contribution in [0.3, 0.4) is 0 Å². The molecule has 0 saturated heterocycles. The predicted octanol–water partition coefficient (Wildman–Crippen LogP) is 4.26. The Bertz CT molecular complexity index is 1540. The molecule has 3 N–H and O–H groups in total. The monoisotopic (exact) mass is 511 g/mol. The number of anilines is 3. The third kappa shape index (κ3) is 4.65. The Morgan fingerprint density at radius 1 is 1.18 bits per heavy atom. The largest absolute Gasteiger partial charge is 0.496 e. The molecule has 9 heteroatoms. The maximum atomic E-state index is 13.7. The van der Waals surface area contributed by atoms with Gasteiger partial charge in [-0.1, -0.05) is 24.3 Å². The maximum absolute atomic E-state index is 13.7. The van der Waals surface area contributed by atoms with Gasteiger partial charge in [-0.2, -0.15) is 4.79 Å². The van der Waals surface area contributed by atoms with E-state index >= 15 is 0 Å². The number of hydrogen-bond acceptors (Lipinski definition) is 7. The summed E-state index contributed by atoms with van der Waals surface area (Å²) in [6, 6.07) is 19.1. The van der Waals surface area contributed by atoms with E-state index in [9.17, 15) is 9.59 Å². The number of para-hydroxylation sites is 2. The number of likely N-dealkylation sites (N-methyl/N-ethyl adjacent to an activating group) is 1. The average molecular weight is 512 g/mol. The Hall–Kier alpha value is -4.46. The first kappa shape index (κ1) is 25.2. The number of ether oxygens (including phenoxy) is 1. The SMILES string of the molecule is COc1cc(N2CCCCc3ccccc32)ccc1C(=O)[N+](=C=O)c1cccc2[nH]c(N(C)CCN)nc12. The first-order valence-electron chi connectivity index (χ1n) is 12.7. The highest BCUT2D eigenvalue weighted by molar-refractivity contribution is 5.97. The van der Waals surface area contributed by atoms with E-state index in [1.165, 1.54) is 12.7 Å². The summed E-state index contributed by atoms with van der Waals surface area (Å²) >= 11 is 0. The van der Waals surface area contributed by atoms with Crippen molar-refractivity contribution in [2.75, 3.05) is 43.6 Å². The molecule has 0 saturated carbocycles. The van der Waals surface area contributed by atoms with E-state index in [1.54, 1.807) is 24.3 Å². The van der Waals surface area contributed by atoms with E-state index < -0.39 is 5.91 Å². The lowest BCUT2D eigenvalue weighted by molar-refractivity contribution is -0.330. The molecule has 5 rings (SSSR count). The van der Waals surface area contributed by atoms with Crippen LogP contribution in [0.1, 0.15) is 28.8 Å². The second kappa shape index (κ2) is 10.9. The van der Waals surface area contributed by atoms with Gasteiger partial charge in [0.1, 0.15) is 11.3 Å². The van der Waals surface area contributed by atoms with Crippen molar-refractivity contribution in [2.24, 2.45) is 5.73 Å². The number of methoxy groups -OCH3 is 1. The van der Waals surface area contributed by atoms with Gasteiger partial charge in [-0.15, -0.1) is 0 Å². The molecule has 4 aromatic rings. The highest BCUT2D eigenvalue weighted by atomic mass is 16.5. The Morgan fingerprint density at radius 3 is 2.82 bits per heavy atom. The van der Waals surface area contributed by atoms with Gasteiger partial charge >= 0.3 is 12.0 Å². The standard InChI is InChI=1S/C29H31N6O3/c1-33(17-15-30)29-31-23-10-7-12-25(27(23)32-29)35(19-36)28(37)22-14-13-21(18-26(22)38-2)34-16-6-5-9-20-8-3-4-11-24(20)34/h3-4,7-8,10-14,18H,5-6,9,15-17,30H2,1-2H3,(H,31,32)/q+1. The van der Waals surface area contributed by atoms with Gasteiger partial charge < -0.3 is 25.3 Å². The number of isocyanates is 1. The van der Waals surface area contributed by atoms with Gasteiger partial charge in [-0.25, -0.2) is 9.78 Å². The first-order valence-corrected chi connectivity index (χ1v) is 12.7. The number of imidazole rings is 1. The average Bonchev–Trinajstić information content (AvgIpc) is 3.28. The molecule has 0 bridgehead atoms. The van der Waals surface area contributed by atoms with E-state index in [0.29, 0.717) is 41.5 Å². The minimum atomic E-state index is -0.549. The Balaban J connectivity index is 1.52. The smallest absolute Gasteiger partial charge is 0.440 e. The van der Waals surface area contributed by atoms with Crippen molar-refractivity contribution < 1.29 is 18.9 Å². The molecule has 0 fully saturated rings. The summed E-state index contributed by atoms with van der Waals surface area (Å²) in [7, 11) is 3.39. The molecule has 0 radical (unpaired) electrons. The fraction of sp³-hybridized carbons (Fsp3) is 0.276. The lowest BCUT2D eigenvalue weighted by Gasteiger charge is -2.25. The molecular formula is C29H31N6O3+. The molecule has 1 amide bonds. The fourth-order valence-electron chi connectivity index (χ4n) is 4.97. The number of fused-ring (bicyclic) bond motifs is 2. The number of nitrogens with one attached hydrogen (secondary N) is 1. The molecule has 3 aromatic carbocycles. The summed E-state index contributed by atoms with van der Waals surface area (Å²) in [4.78, 5) is 37.8. The number of aryl methyl sites for hydroxylation is 1. The van der Waals surface area contributed by atoms with Crippen molar-refractivity contribution in [3.63, 3.8) is 0 Å². The lowest BCUT2D eigenvalue weighted by atomic mass is 10.1. The fourth-order valence-corrected chi connectivity index (χ4v) is 4.97. The zero-order chi connectivity index (χ0) is 26.6. The number of hydrogen-bond donors (Lipinski definition) is 2. The number of benzene rings is 3. The third-order valence-corrected chi connectivity index (χ3v) is 6.93. The van der Waals surface area contributed by atoms with Crippen LogP contribution in [-0.4, -0.2) is 60.3 Å². The highest BCUT2D eigenvalue weighted by Gasteiger charge is 2.31. The summed E-state index contributed by atoms with van der Waals surface area (Å²) in [6.45, 7) is 1.93. The van der Waals surface area contributed by atoms with E-state index in [4.69, 9.17) is 10.5 Å². The highest BCUT2D eigenvalue weighted by Crippen LogP contribution is 2.36. The van der Waals surface area contributed by atoms with Crippen LogP contribution in [0.2, 0.25) is 0 Å². The molecule has 1 aliphatic rings. The molecule has 1 aromatic heterocycles. The van der Waals surface area contributed by atoms with Gasteiger partial charge in [0, 0.05) is 50.2 Å². The minimum Gasteiger partial charge on any atom is -0.496 e. The molecule has 1 aliphatic heterocycles. The lowest BCUT2D eigenvalue weighted by Crippen LogP contribution is -2.25. The molecule has 0 spiro atoms. The van der Waals surface area contributed by atoms with Gasteiger partial charge in [0.05, 0.1) is 12.6 Å². The number of aromatic nitrogens is 2. The number of rotatable bonds is 7. The van der Waals surface area contributed by atoms with Crippen LogP contribution >= 0.6 is 0 Å². The number of amides is 1. The Morgan fingerprint density at radius 2 is 2.03 bits per heavy atom. The number of carbonyl (C=O) groups excluding carboxylic acids is 2. The molecule has 194 valence electrons. The van der Waals surface area contributed by atoms with Crippen molar-refractivity contribution in [1.82, 2.24) is 9.97 Å². The number of H-pyrrole nitrogens is 1. The molecule has 9 nitrogen and oxygen atoms in total. The van der Waals surface area contributed by atoms with Crippen LogP contribution in [0, 0.1) is 0 Å². The Kier molecular flexibility index (Phi) is 7.22. The van der Waals surface area contributed by atoms with E-state index in [2.05, 4.69) is 33.1 Å². The quantitative estimate of drug-likeness (QED) is 0.217. The Labute approximate surface area is 221 Å². The molecule has 0 unspecified atom stereocenters. The topological polar surface area (TPSA) is 108 Å². The van der Waals surface area contributed by atoms with Crippen LogP contribution < -0.4 is 20.3 Å². The molecular weight excluding hydrogens is 480 g/mol. The van der Waals surface area contributed by atoms with Crippen LogP contribution in [0.15, 0.2) is 60.7 Å². The third-order valence-electron chi connectivity index (χ3n) is 6.93. The van der Waals surface area contributed by atoms with E-state index in [1.807, 2.05) is 36.2 Å². The summed E-state index contributed by atoms with van der Waals surface area (Å²) in [5, 5.41) is 0. The molecule has 38 heavy (non-hydrogen) atoms. The van der Waals surface area contributed by atoms with Gasteiger partial charge in [0.25, 0.3) is 5.69 Å². The number of aromatic amines is 1. The van der Waals surface area contributed by atoms with Crippen LogP contribution in [-0.2, 0) is 11.2 Å². The first-order chi connectivity index (χ1) is 18.5. The number of carbonyl (C=O) groups is 1. The number of nitrogens with two attached hydrogens (primary N) is 1. The predicted molar refractivity (Wildman–Crippen MR) is 148 cm³/mol. The van der Waals surface area contributed by atoms with Crippen molar-refractivity contribution in [1.29, 1.82) is 0 Å². The van der Waals surface area contributed by atoms with Crippen LogP contribution in [0.25, 0.3) is 11.0 Å². The van der Waals surface area contributed by atoms with Crippen molar-refractivity contribution in [3.05, 3.63) is 71.8 Å². The van der Waals surface area contributed by atoms with Gasteiger partial charge in [-0.3, -0.25) is 0 Å². The molecule has 0 atom stereocenters. The van der Waals surface area contributed by atoms with Crippen LogP contribution in [0.4, 0.5) is 23.0 Å². The summed E-state index contributed by atoms with van der Waals surface area (Å²) in [5.74, 6) is 0.426. The van der Waals surface area contributed by atoms with Crippen molar-refractivity contribution in [2.45, 2.75) is 19.3 Å².